The number of ether oxygens (including phenoxy) is 1. The molecule has 0 unspecified atom stereocenters. The number of amides is 1. The van der Waals surface area contributed by atoms with Gasteiger partial charge in [-0.15, -0.1) is 0 Å². The Morgan fingerprint density at radius 1 is 1.39 bits per heavy atom. The van der Waals surface area contributed by atoms with Gasteiger partial charge in [0.15, 0.2) is 6.61 Å². The Bertz CT molecular complexity index is 715. The molecule has 23 heavy (non-hydrogen) atoms. The van der Waals surface area contributed by atoms with Crippen molar-refractivity contribution in [2.75, 3.05) is 6.61 Å². The van der Waals surface area contributed by atoms with Gasteiger partial charge in [-0.3, -0.25) is 4.79 Å². The molecule has 0 saturated heterocycles. The summed E-state index contributed by atoms with van der Waals surface area (Å²) >= 11 is 11.0. The van der Waals surface area contributed by atoms with Crippen LogP contribution in [-0.2, 0) is 4.79 Å². The largest absolute Gasteiger partial charge is 0.506 e. The monoisotopic (exact) mass is 508 g/mol. The zero-order valence-corrected chi connectivity index (χ0v) is 16.1. The molecule has 0 radical (unpaired) electrons. The van der Waals surface area contributed by atoms with Crippen molar-refractivity contribution in [1.82, 2.24) is 5.43 Å². The van der Waals surface area contributed by atoms with E-state index in [1.54, 1.807) is 36.4 Å². The van der Waals surface area contributed by atoms with E-state index in [2.05, 4.69) is 26.5 Å². The molecule has 120 valence electrons. The highest BCUT2D eigenvalue weighted by Crippen LogP contribution is 2.29. The van der Waals surface area contributed by atoms with Crippen molar-refractivity contribution < 1.29 is 14.6 Å². The van der Waals surface area contributed by atoms with Gasteiger partial charge in [0.25, 0.3) is 5.91 Å². The number of phenolic OH excluding ortho intramolecular Hbond substituents is 1. The predicted octanol–water partition coefficient (Wildman–Crippen LogP) is 3.94. The third-order valence-electron chi connectivity index (χ3n) is 2.63. The van der Waals surface area contributed by atoms with Crippen LogP contribution >= 0.6 is 50.1 Å². The van der Waals surface area contributed by atoms with Crippen LogP contribution in [0.15, 0.2) is 46.0 Å². The minimum absolute atomic E-state index is 0.157. The highest BCUT2D eigenvalue weighted by Gasteiger charge is 2.05. The molecule has 2 rings (SSSR count). The lowest BCUT2D eigenvalue weighted by Gasteiger charge is -2.05. The number of hydrazone groups is 1. The minimum atomic E-state index is -0.385. The Morgan fingerprint density at radius 2 is 2.09 bits per heavy atom. The topological polar surface area (TPSA) is 70.9 Å². The third kappa shape index (κ3) is 5.67. The number of aromatic hydroxyl groups is 1. The van der Waals surface area contributed by atoms with Crippen LogP contribution in [0.1, 0.15) is 5.56 Å². The fraction of sp³-hybridized carbons (Fsp3) is 0.0667. The molecule has 0 heterocycles. The number of phenols is 1. The maximum atomic E-state index is 11.6. The first-order valence-electron chi connectivity index (χ1n) is 6.34. The van der Waals surface area contributed by atoms with Crippen LogP contribution in [0.4, 0.5) is 0 Å². The number of benzene rings is 2. The average Bonchev–Trinajstić information content (AvgIpc) is 2.52. The van der Waals surface area contributed by atoms with E-state index < -0.39 is 0 Å². The van der Waals surface area contributed by atoms with Crippen molar-refractivity contribution in [1.29, 1.82) is 0 Å². The summed E-state index contributed by atoms with van der Waals surface area (Å²) in [7, 11) is 0. The van der Waals surface area contributed by atoms with Crippen LogP contribution < -0.4 is 10.2 Å². The van der Waals surface area contributed by atoms with Crippen molar-refractivity contribution in [2.45, 2.75) is 0 Å². The first-order valence-corrected chi connectivity index (χ1v) is 8.59. The van der Waals surface area contributed by atoms with Gasteiger partial charge in [-0.05, 0) is 80.5 Å². The molecule has 0 aliphatic rings. The van der Waals surface area contributed by atoms with Gasteiger partial charge >= 0.3 is 0 Å². The predicted molar refractivity (Wildman–Crippen MR) is 101 cm³/mol. The Kier molecular flexibility index (Phi) is 6.67. The molecule has 2 aromatic carbocycles. The number of rotatable bonds is 5. The number of nitrogens with one attached hydrogen (secondary N) is 1. The van der Waals surface area contributed by atoms with Gasteiger partial charge in [-0.25, -0.2) is 5.43 Å². The Morgan fingerprint density at radius 3 is 2.74 bits per heavy atom. The summed E-state index contributed by atoms with van der Waals surface area (Å²) in [5.41, 5.74) is 3.10. The molecule has 0 aliphatic heterocycles. The molecule has 0 fully saturated rings. The number of hydrogen-bond donors (Lipinski definition) is 2. The molecule has 0 saturated carbocycles. The highest BCUT2D eigenvalue weighted by atomic mass is 127. The maximum Gasteiger partial charge on any atom is 0.277 e. The standard InChI is InChI=1S/C15H11BrClIN2O3/c16-12-5-9(6-13(18)15(12)22)7-19-20-14(21)8-23-11-3-1-10(17)2-4-11/h1-7,22H,8H2,(H,20,21)/b19-7-. The lowest BCUT2D eigenvalue weighted by Crippen LogP contribution is -2.24. The van der Waals surface area contributed by atoms with E-state index >= 15 is 0 Å². The molecule has 2 aromatic rings. The molecule has 0 aromatic heterocycles. The number of nitrogens with zero attached hydrogens (tertiary/aromatic N) is 1. The first kappa shape index (κ1) is 18.0. The van der Waals surface area contributed by atoms with Crippen molar-refractivity contribution >= 4 is 62.2 Å². The molecule has 0 spiro atoms. The number of hydrogen-bond acceptors (Lipinski definition) is 4. The van der Waals surface area contributed by atoms with Crippen LogP contribution in [-0.4, -0.2) is 23.8 Å². The molecule has 5 nitrogen and oxygen atoms in total. The smallest absolute Gasteiger partial charge is 0.277 e. The van der Waals surface area contributed by atoms with Gasteiger partial charge in [0.05, 0.1) is 14.3 Å². The van der Waals surface area contributed by atoms with Crippen LogP contribution in [0.5, 0.6) is 11.5 Å². The molecular weight excluding hydrogens is 498 g/mol. The summed E-state index contributed by atoms with van der Waals surface area (Å²) in [4.78, 5) is 11.6. The lowest BCUT2D eigenvalue weighted by atomic mass is 10.2. The van der Waals surface area contributed by atoms with Crippen molar-refractivity contribution in [3.8, 4) is 11.5 Å². The van der Waals surface area contributed by atoms with Crippen molar-refractivity contribution in [3.05, 3.63) is 55.0 Å². The third-order valence-corrected chi connectivity index (χ3v) is 4.30. The lowest BCUT2D eigenvalue weighted by molar-refractivity contribution is -0.123. The average molecular weight is 510 g/mol. The number of halogens is 3. The van der Waals surface area contributed by atoms with Crippen LogP contribution in [0.25, 0.3) is 0 Å². The molecule has 0 atom stereocenters. The van der Waals surface area contributed by atoms with E-state index in [1.807, 2.05) is 22.6 Å². The van der Waals surface area contributed by atoms with Gasteiger partial charge < -0.3 is 9.84 Å². The second-order valence-corrected chi connectivity index (χ2v) is 6.82. The van der Waals surface area contributed by atoms with Crippen LogP contribution in [0.3, 0.4) is 0 Å². The normalized spacial score (nSPS) is 10.7. The van der Waals surface area contributed by atoms with E-state index in [-0.39, 0.29) is 18.3 Å². The summed E-state index contributed by atoms with van der Waals surface area (Å²) in [6.07, 6.45) is 1.48. The second-order valence-electron chi connectivity index (χ2n) is 4.37. The maximum absolute atomic E-state index is 11.6. The Labute approximate surface area is 160 Å². The van der Waals surface area contributed by atoms with Gasteiger partial charge in [-0.1, -0.05) is 11.6 Å². The van der Waals surface area contributed by atoms with Gasteiger partial charge in [0.1, 0.15) is 11.5 Å². The fourth-order valence-corrected chi connectivity index (χ4v) is 3.18. The van der Waals surface area contributed by atoms with Crippen LogP contribution in [0.2, 0.25) is 5.02 Å². The van der Waals surface area contributed by atoms with Gasteiger partial charge in [-0.2, -0.15) is 5.10 Å². The number of carbonyl (C=O) groups is 1. The summed E-state index contributed by atoms with van der Waals surface area (Å²) in [5.74, 6) is 0.331. The summed E-state index contributed by atoms with van der Waals surface area (Å²) < 4.78 is 6.53. The van der Waals surface area contributed by atoms with E-state index in [9.17, 15) is 9.90 Å². The van der Waals surface area contributed by atoms with Gasteiger partial charge in [0.2, 0.25) is 0 Å². The molecule has 2 N–H and O–H groups in total. The zero-order valence-electron chi connectivity index (χ0n) is 11.6. The Balaban J connectivity index is 1.85. The van der Waals surface area contributed by atoms with Crippen molar-refractivity contribution in [2.24, 2.45) is 5.10 Å². The SMILES string of the molecule is O=C(COc1ccc(Cl)cc1)N/N=C\c1cc(Br)c(O)c(I)c1. The number of carbonyl (C=O) groups excluding carboxylic acids is 1. The molecule has 1 amide bonds. The quantitative estimate of drug-likeness (QED) is 0.365. The molecular formula is C15H11BrClIN2O3. The first-order chi connectivity index (χ1) is 11.0. The molecule has 0 bridgehead atoms. The second kappa shape index (κ2) is 8.51. The molecule has 8 heteroatoms. The van der Waals surface area contributed by atoms with Crippen molar-refractivity contribution in [3.63, 3.8) is 0 Å². The highest BCUT2D eigenvalue weighted by molar-refractivity contribution is 14.1. The summed E-state index contributed by atoms with van der Waals surface area (Å²) in [6, 6.07) is 10.1. The van der Waals surface area contributed by atoms with E-state index in [0.717, 1.165) is 5.56 Å². The van der Waals surface area contributed by atoms with Crippen LogP contribution in [0, 0.1) is 3.57 Å². The van der Waals surface area contributed by atoms with E-state index in [0.29, 0.717) is 18.8 Å². The zero-order chi connectivity index (χ0) is 16.8. The summed E-state index contributed by atoms with van der Waals surface area (Å²) in [6.45, 7) is -0.157. The van der Waals surface area contributed by atoms with Gasteiger partial charge in [0, 0.05) is 5.02 Å². The van der Waals surface area contributed by atoms with E-state index in [1.165, 1.54) is 6.21 Å². The Hall–Kier alpha value is -1.32. The van der Waals surface area contributed by atoms with E-state index in [4.69, 9.17) is 16.3 Å². The summed E-state index contributed by atoms with van der Waals surface area (Å²) in [5, 5.41) is 14.1. The fourth-order valence-electron chi connectivity index (χ4n) is 1.55. The minimum Gasteiger partial charge on any atom is -0.506 e. The molecule has 0 aliphatic carbocycles.